The first-order valence-corrected chi connectivity index (χ1v) is 5.98. The molecule has 0 saturated carbocycles. The predicted octanol–water partition coefficient (Wildman–Crippen LogP) is 3.80. The van der Waals surface area contributed by atoms with E-state index in [9.17, 15) is 18.0 Å². The standard InChI is InChI=1S/C15H11F3O3/c16-15(17,18)13-7-11(9-20)3-6-14(13)21-12-4-1-10(8-19)2-5-12/h1-7,9,19H,8H2. The van der Waals surface area contributed by atoms with E-state index in [-0.39, 0.29) is 23.7 Å². The molecule has 0 bridgehead atoms. The molecule has 0 aromatic heterocycles. The third-order valence-electron chi connectivity index (χ3n) is 2.78. The van der Waals surface area contributed by atoms with Gasteiger partial charge in [0.25, 0.3) is 0 Å². The normalized spacial score (nSPS) is 11.2. The molecule has 21 heavy (non-hydrogen) atoms. The molecule has 0 heterocycles. The Morgan fingerprint density at radius 1 is 1.10 bits per heavy atom. The minimum Gasteiger partial charge on any atom is -0.457 e. The Morgan fingerprint density at radius 2 is 1.76 bits per heavy atom. The van der Waals surface area contributed by atoms with Gasteiger partial charge in [-0.2, -0.15) is 13.2 Å². The summed E-state index contributed by atoms with van der Waals surface area (Å²) < 4.78 is 44.1. The zero-order valence-corrected chi connectivity index (χ0v) is 10.7. The highest BCUT2D eigenvalue weighted by Gasteiger charge is 2.34. The number of aliphatic hydroxyl groups excluding tert-OH is 1. The van der Waals surface area contributed by atoms with Crippen LogP contribution >= 0.6 is 0 Å². The maximum Gasteiger partial charge on any atom is 0.420 e. The van der Waals surface area contributed by atoms with Crippen molar-refractivity contribution in [2.75, 3.05) is 0 Å². The first-order valence-electron chi connectivity index (χ1n) is 5.98. The summed E-state index contributed by atoms with van der Waals surface area (Å²) in [5, 5.41) is 8.90. The first-order chi connectivity index (χ1) is 9.94. The molecule has 0 amide bonds. The molecular formula is C15H11F3O3. The highest BCUT2D eigenvalue weighted by Crippen LogP contribution is 2.38. The quantitative estimate of drug-likeness (QED) is 0.873. The summed E-state index contributed by atoms with van der Waals surface area (Å²) in [6, 6.07) is 9.10. The summed E-state index contributed by atoms with van der Waals surface area (Å²) in [6.07, 6.45) is -4.28. The van der Waals surface area contributed by atoms with Gasteiger partial charge in [-0.25, -0.2) is 0 Å². The highest BCUT2D eigenvalue weighted by atomic mass is 19.4. The molecule has 0 radical (unpaired) electrons. The number of alkyl halides is 3. The average molecular weight is 296 g/mol. The fraction of sp³-hybridized carbons (Fsp3) is 0.133. The molecule has 2 rings (SSSR count). The zero-order chi connectivity index (χ0) is 15.5. The van der Waals surface area contributed by atoms with Crippen molar-refractivity contribution in [3.05, 3.63) is 59.2 Å². The van der Waals surface area contributed by atoms with Crippen LogP contribution in [0.3, 0.4) is 0 Å². The van der Waals surface area contributed by atoms with Crippen molar-refractivity contribution in [2.45, 2.75) is 12.8 Å². The molecule has 3 nitrogen and oxygen atoms in total. The van der Waals surface area contributed by atoms with E-state index >= 15 is 0 Å². The van der Waals surface area contributed by atoms with E-state index in [1.165, 1.54) is 18.2 Å². The SMILES string of the molecule is O=Cc1ccc(Oc2ccc(CO)cc2)c(C(F)(F)F)c1. The lowest BCUT2D eigenvalue weighted by atomic mass is 10.1. The van der Waals surface area contributed by atoms with Gasteiger partial charge in [0.05, 0.1) is 12.2 Å². The number of carbonyl (C=O) groups excluding carboxylic acids is 1. The summed E-state index contributed by atoms with van der Waals surface area (Å²) in [5.74, 6) is -0.179. The zero-order valence-electron chi connectivity index (χ0n) is 10.7. The molecule has 0 aliphatic carbocycles. The minimum atomic E-state index is -4.63. The Kier molecular flexibility index (Phi) is 4.28. The monoisotopic (exact) mass is 296 g/mol. The fourth-order valence-corrected chi connectivity index (χ4v) is 1.72. The number of halogens is 3. The van der Waals surface area contributed by atoms with E-state index < -0.39 is 11.7 Å². The van der Waals surface area contributed by atoms with Gasteiger partial charge in [0, 0.05) is 5.56 Å². The maximum absolute atomic E-state index is 13.0. The van der Waals surface area contributed by atoms with Crippen molar-refractivity contribution in [3.63, 3.8) is 0 Å². The maximum atomic E-state index is 13.0. The van der Waals surface area contributed by atoms with Crippen molar-refractivity contribution in [1.82, 2.24) is 0 Å². The Balaban J connectivity index is 2.36. The number of aldehydes is 1. The lowest BCUT2D eigenvalue weighted by Gasteiger charge is -2.14. The lowest BCUT2D eigenvalue weighted by Crippen LogP contribution is -2.08. The van der Waals surface area contributed by atoms with Gasteiger partial charge in [-0.15, -0.1) is 0 Å². The molecular weight excluding hydrogens is 285 g/mol. The first kappa shape index (κ1) is 15.1. The van der Waals surface area contributed by atoms with E-state index in [0.29, 0.717) is 11.8 Å². The topological polar surface area (TPSA) is 46.5 Å². The second-order valence-corrected chi connectivity index (χ2v) is 4.28. The predicted molar refractivity (Wildman–Crippen MR) is 69.3 cm³/mol. The molecule has 110 valence electrons. The van der Waals surface area contributed by atoms with E-state index in [2.05, 4.69) is 0 Å². The molecule has 0 fully saturated rings. The number of ether oxygens (including phenoxy) is 1. The Hall–Kier alpha value is -2.34. The van der Waals surface area contributed by atoms with Gasteiger partial charge >= 0.3 is 6.18 Å². The molecule has 2 aromatic rings. The van der Waals surface area contributed by atoms with Crippen molar-refractivity contribution in [3.8, 4) is 11.5 Å². The second kappa shape index (κ2) is 5.97. The Labute approximate surface area is 118 Å². The summed E-state index contributed by atoms with van der Waals surface area (Å²) in [6.45, 7) is -0.165. The minimum absolute atomic E-state index is 0.0784. The smallest absolute Gasteiger partial charge is 0.420 e. The van der Waals surface area contributed by atoms with Crippen LogP contribution in [0.5, 0.6) is 11.5 Å². The summed E-state index contributed by atoms with van der Waals surface area (Å²) in [7, 11) is 0. The molecule has 1 N–H and O–H groups in total. The number of carbonyl (C=O) groups is 1. The van der Waals surface area contributed by atoms with Crippen molar-refractivity contribution >= 4 is 6.29 Å². The van der Waals surface area contributed by atoms with Gasteiger partial charge in [0.1, 0.15) is 17.8 Å². The van der Waals surface area contributed by atoms with Gasteiger partial charge in [-0.3, -0.25) is 4.79 Å². The fourth-order valence-electron chi connectivity index (χ4n) is 1.72. The van der Waals surface area contributed by atoms with Gasteiger partial charge < -0.3 is 9.84 Å². The van der Waals surface area contributed by atoms with Gasteiger partial charge in [0.15, 0.2) is 0 Å². The number of rotatable bonds is 4. The van der Waals surface area contributed by atoms with Crippen LogP contribution in [0.4, 0.5) is 13.2 Å². The molecule has 0 saturated heterocycles. The lowest BCUT2D eigenvalue weighted by molar-refractivity contribution is -0.138. The van der Waals surface area contributed by atoms with E-state index in [4.69, 9.17) is 9.84 Å². The van der Waals surface area contributed by atoms with E-state index in [1.54, 1.807) is 12.1 Å². The van der Waals surface area contributed by atoms with Gasteiger partial charge in [0.2, 0.25) is 0 Å². The highest BCUT2D eigenvalue weighted by molar-refractivity contribution is 5.75. The van der Waals surface area contributed by atoms with Crippen molar-refractivity contribution < 1.29 is 27.8 Å². The van der Waals surface area contributed by atoms with E-state index in [1.807, 2.05) is 0 Å². The van der Waals surface area contributed by atoms with E-state index in [0.717, 1.165) is 12.1 Å². The number of hydrogen-bond donors (Lipinski definition) is 1. The molecule has 0 atom stereocenters. The Bertz CT molecular complexity index is 634. The number of hydrogen-bond acceptors (Lipinski definition) is 3. The van der Waals surface area contributed by atoms with Crippen molar-refractivity contribution in [1.29, 1.82) is 0 Å². The van der Waals surface area contributed by atoms with Crippen LogP contribution in [-0.4, -0.2) is 11.4 Å². The van der Waals surface area contributed by atoms with Crippen LogP contribution in [0, 0.1) is 0 Å². The second-order valence-electron chi connectivity index (χ2n) is 4.28. The number of aliphatic hydroxyl groups is 1. The third kappa shape index (κ3) is 3.61. The van der Waals surface area contributed by atoms with Crippen LogP contribution < -0.4 is 4.74 Å². The van der Waals surface area contributed by atoms with Gasteiger partial charge in [-0.1, -0.05) is 12.1 Å². The molecule has 0 aliphatic rings. The summed E-state index contributed by atoms with van der Waals surface area (Å²) in [4.78, 5) is 10.6. The average Bonchev–Trinajstić information content (AvgIpc) is 2.47. The molecule has 0 aliphatic heterocycles. The number of benzene rings is 2. The van der Waals surface area contributed by atoms with Crippen LogP contribution in [0.1, 0.15) is 21.5 Å². The summed E-state index contributed by atoms with van der Waals surface area (Å²) >= 11 is 0. The molecule has 0 spiro atoms. The van der Waals surface area contributed by atoms with Crippen molar-refractivity contribution in [2.24, 2.45) is 0 Å². The molecule has 2 aromatic carbocycles. The summed E-state index contributed by atoms with van der Waals surface area (Å²) in [5.41, 5.74) is -0.474. The van der Waals surface area contributed by atoms with Crippen LogP contribution in [0.15, 0.2) is 42.5 Å². The Morgan fingerprint density at radius 3 is 2.29 bits per heavy atom. The van der Waals surface area contributed by atoms with Crippen LogP contribution in [0.25, 0.3) is 0 Å². The van der Waals surface area contributed by atoms with Crippen LogP contribution in [-0.2, 0) is 12.8 Å². The van der Waals surface area contributed by atoms with Gasteiger partial charge in [-0.05, 0) is 35.9 Å². The largest absolute Gasteiger partial charge is 0.457 e. The molecule has 6 heteroatoms. The molecule has 0 unspecified atom stereocenters. The van der Waals surface area contributed by atoms with Crippen LogP contribution in [0.2, 0.25) is 0 Å². The third-order valence-corrected chi connectivity index (χ3v) is 2.78.